The topological polar surface area (TPSA) is 18.5 Å². The number of benzene rings is 3. The van der Waals surface area contributed by atoms with E-state index in [1.165, 1.54) is 0 Å². The summed E-state index contributed by atoms with van der Waals surface area (Å²) in [5.41, 5.74) is 0. The average molecular weight is 514 g/mol. The molecule has 3 rings (SSSR count). The Morgan fingerprint density at radius 2 is 0.773 bits per heavy atom. The summed E-state index contributed by atoms with van der Waals surface area (Å²) in [6.45, 7) is 0. The summed E-state index contributed by atoms with van der Waals surface area (Å²) >= 11 is 4.52. The summed E-state index contributed by atoms with van der Waals surface area (Å²) in [5.74, 6) is 3.04. The molecule has 0 N–H and O–H groups in total. The Labute approximate surface area is 156 Å². The summed E-state index contributed by atoms with van der Waals surface area (Å²) in [5, 5.41) is 0. The zero-order chi connectivity index (χ0) is 15.4. The molecule has 0 saturated carbocycles. The number of rotatable bonds is 4. The van der Waals surface area contributed by atoms with Gasteiger partial charge >= 0.3 is 0 Å². The van der Waals surface area contributed by atoms with E-state index in [0.717, 1.165) is 18.6 Å². The molecule has 3 aromatic carbocycles. The van der Waals surface area contributed by atoms with Crippen molar-refractivity contribution in [1.29, 1.82) is 0 Å². The lowest BCUT2D eigenvalue weighted by atomic mass is 10.3. The summed E-state index contributed by atoms with van der Waals surface area (Å²) in [4.78, 5) is 0. The third-order valence-corrected chi connectivity index (χ3v) is 4.74. The molecule has 3 aromatic rings. The van der Waals surface area contributed by atoms with E-state index in [-0.39, 0.29) is 0 Å². The third-order valence-electron chi connectivity index (χ3n) is 2.96. The Hall–Kier alpha value is -1.28. The summed E-state index contributed by atoms with van der Waals surface area (Å²) in [6, 6.07) is 23.5. The van der Waals surface area contributed by atoms with Crippen LogP contribution in [-0.4, -0.2) is 0 Å². The van der Waals surface area contributed by atoms with Crippen molar-refractivity contribution in [2.45, 2.75) is 0 Å². The van der Waals surface area contributed by atoms with Crippen LogP contribution in [0.3, 0.4) is 0 Å². The Balaban J connectivity index is 1.91. The van der Waals surface area contributed by atoms with Crippen molar-refractivity contribution < 1.29 is 9.47 Å². The second kappa shape index (κ2) is 7.32. The van der Waals surface area contributed by atoms with Gasteiger partial charge in [-0.1, -0.05) is 36.4 Å². The smallest absolute Gasteiger partial charge is 0.169 e. The monoisotopic (exact) mass is 514 g/mol. The van der Waals surface area contributed by atoms with Gasteiger partial charge < -0.3 is 9.47 Å². The molecule has 0 unspecified atom stereocenters. The fraction of sp³-hybridized carbons (Fsp3) is 0. The van der Waals surface area contributed by atoms with E-state index in [2.05, 4.69) is 45.2 Å². The van der Waals surface area contributed by atoms with Crippen LogP contribution < -0.4 is 9.47 Å². The number of ether oxygens (including phenoxy) is 2. The second-order valence-corrected chi connectivity index (χ2v) is 6.84. The first-order chi connectivity index (χ1) is 10.7. The molecule has 0 fully saturated rings. The van der Waals surface area contributed by atoms with E-state index >= 15 is 0 Å². The molecule has 2 nitrogen and oxygen atoms in total. The molecule has 0 aliphatic carbocycles. The predicted octanol–water partition coefficient (Wildman–Crippen LogP) is 6.48. The summed E-state index contributed by atoms with van der Waals surface area (Å²) in [7, 11) is 0. The number of para-hydroxylation sites is 4. The fourth-order valence-corrected chi connectivity index (χ4v) is 2.91. The highest BCUT2D eigenvalue weighted by Gasteiger charge is 2.10. The molecule has 0 bridgehead atoms. The zero-order valence-corrected chi connectivity index (χ0v) is 15.8. The highest BCUT2D eigenvalue weighted by Crippen LogP contribution is 2.37. The molecule has 110 valence electrons. The van der Waals surface area contributed by atoms with Crippen molar-refractivity contribution in [3.63, 3.8) is 0 Å². The van der Waals surface area contributed by atoms with Gasteiger partial charge in [0.05, 0.1) is 7.14 Å². The standard InChI is InChI=1S/C18H12I2O2/c19-13-7-1-3-9-15(13)21-17-11-5-6-12-18(17)22-16-10-4-2-8-14(16)20/h1-12H. The minimum absolute atomic E-state index is 0.700. The van der Waals surface area contributed by atoms with Crippen molar-refractivity contribution in [3.05, 3.63) is 79.9 Å². The molecule has 0 atom stereocenters. The third kappa shape index (κ3) is 3.73. The van der Waals surface area contributed by atoms with Gasteiger partial charge in [-0.3, -0.25) is 0 Å². The molecule has 0 saturated heterocycles. The van der Waals surface area contributed by atoms with Gasteiger partial charge in [-0.05, 0) is 81.6 Å². The van der Waals surface area contributed by atoms with E-state index < -0.39 is 0 Å². The maximum absolute atomic E-state index is 6.02. The quantitative estimate of drug-likeness (QED) is 0.372. The van der Waals surface area contributed by atoms with E-state index in [1.54, 1.807) is 0 Å². The maximum atomic E-state index is 6.02. The van der Waals surface area contributed by atoms with Gasteiger partial charge in [-0.15, -0.1) is 0 Å². The lowest BCUT2D eigenvalue weighted by Crippen LogP contribution is -1.92. The van der Waals surface area contributed by atoms with Gasteiger partial charge in [0.25, 0.3) is 0 Å². The molecule has 4 heteroatoms. The van der Waals surface area contributed by atoms with Crippen LogP contribution in [0.1, 0.15) is 0 Å². The van der Waals surface area contributed by atoms with Crippen molar-refractivity contribution in [1.82, 2.24) is 0 Å². The Morgan fingerprint density at radius 1 is 0.455 bits per heavy atom. The van der Waals surface area contributed by atoms with Crippen LogP contribution in [-0.2, 0) is 0 Å². The van der Waals surface area contributed by atoms with Crippen LogP contribution >= 0.6 is 45.2 Å². The molecular weight excluding hydrogens is 502 g/mol. The van der Waals surface area contributed by atoms with Crippen LogP contribution in [0.15, 0.2) is 72.8 Å². The van der Waals surface area contributed by atoms with E-state index in [1.807, 2.05) is 72.8 Å². The fourth-order valence-electron chi connectivity index (χ4n) is 1.91. The highest BCUT2D eigenvalue weighted by atomic mass is 127. The average Bonchev–Trinajstić information content (AvgIpc) is 2.53. The van der Waals surface area contributed by atoms with Crippen LogP contribution in [0.2, 0.25) is 0 Å². The predicted molar refractivity (Wildman–Crippen MR) is 105 cm³/mol. The van der Waals surface area contributed by atoms with E-state index in [9.17, 15) is 0 Å². The van der Waals surface area contributed by atoms with Crippen molar-refractivity contribution in [2.75, 3.05) is 0 Å². The number of halogens is 2. The summed E-state index contributed by atoms with van der Waals surface area (Å²) < 4.78 is 14.2. The zero-order valence-electron chi connectivity index (χ0n) is 11.5. The SMILES string of the molecule is Ic1ccccc1Oc1ccccc1Oc1ccccc1I. The van der Waals surface area contributed by atoms with Crippen molar-refractivity contribution in [2.24, 2.45) is 0 Å². The number of hydrogen-bond donors (Lipinski definition) is 0. The molecule has 22 heavy (non-hydrogen) atoms. The molecule has 0 aliphatic rings. The van der Waals surface area contributed by atoms with Crippen LogP contribution in [0.4, 0.5) is 0 Å². The van der Waals surface area contributed by atoms with Gasteiger partial charge in [0.1, 0.15) is 11.5 Å². The Morgan fingerprint density at radius 3 is 1.14 bits per heavy atom. The van der Waals surface area contributed by atoms with Gasteiger partial charge in [0, 0.05) is 0 Å². The van der Waals surface area contributed by atoms with Gasteiger partial charge in [-0.2, -0.15) is 0 Å². The van der Waals surface area contributed by atoms with Gasteiger partial charge in [0.2, 0.25) is 0 Å². The lowest BCUT2D eigenvalue weighted by molar-refractivity contribution is 0.416. The van der Waals surface area contributed by atoms with Gasteiger partial charge in [0.15, 0.2) is 11.5 Å². The largest absolute Gasteiger partial charge is 0.452 e. The maximum Gasteiger partial charge on any atom is 0.169 e. The number of hydrogen-bond acceptors (Lipinski definition) is 2. The normalized spacial score (nSPS) is 10.3. The molecule has 0 aliphatic heterocycles. The summed E-state index contributed by atoms with van der Waals surface area (Å²) in [6.07, 6.45) is 0. The Kier molecular flexibility index (Phi) is 5.20. The van der Waals surface area contributed by atoms with E-state index in [0.29, 0.717) is 11.5 Å². The molecule has 0 aromatic heterocycles. The van der Waals surface area contributed by atoms with Crippen LogP contribution in [0.5, 0.6) is 23.0 Å². The van der Waals surface area contributed by atoms with Crippen LogP contribution in [0, 0.1) is 7.14 Å². The first-order valence-electron chi connectivity index (χ1n) is 6.68. The first-order valence-corrected chi connectivity index (χ1v) is 8.83. The lowest BCUT2D eigenvalue weighted by Gasteiger charge is -2.13. The second-order valence-electron chi connectivity index (χ2n) is 4.51. The molecule has 0 heterocycles. The van der Waals surface area contributed by atoms with Crippen molar-refractivity contribution in [3.8, 4) is 23.0 Å². The Bertz CT molecular complexity index is 721. The van der Waals surface area contributed by atoms with Gasteiger partial charge in [-0.25, -0.2) is 0 Å². The minimum Gasteiger partial charge on any atom is -0.452 e. The molecule has 0 radical (unpaired) electrons. The molecular formula is C18H12I2O2. The van der Waals surface area contributed by atoms with Crippen molar-refractivity contribution >= 4 is 45.2 Å². The van der Waals surface area contributed by atoms with E-state index in [4.69, 9.17) is 9.47 Å². The van der Waals surface area contributed by atoms with Crippen LogP contribution in [0.25, 0.3) is 0 Å². The first kappa shape index (κ1) is 15.6. The highest BCUT2D eigenvalue weighted by molar-refractivity contribution is 14.1. The molecule has 0 amide bonds. The molecule has 0 spiro atoms. The minimum atomic E-state index is 0.700.